The lowest BCUT2D eigenvalue weighted by Gasteiger charge is -2.15. The van der Waals surface area contributed by atoms with Crippen LogP contribution in [0.3, 0.4) is 0 Å². The average molecular weight is 386 g/mol. The molecule has 9 heteroatoms. The zero-order valence-electron chi connectivity index (χ0n) is 14.0. The van der Waals surface area contributed by atoms with E-state index in [2.05, 4.69) is 10.6 Å². The van der Waals surface area contributed by atoms with E-state index in [9.17, 15) is 26.4 Å². The summed E-state index contributed by atoms with van der Waals surface area (Å²) >= 11 is 0. The summed E-state index contributed by atoms with van der Waals surface area (Å²) in [6, 6.07) is 7.94. The van der Waals surface area contributed by atoms with Crippen molar-refractivity contribution in [3.05, 3.63) is 48.0 Å². The SMILES string of the molecule is CCNc1ccc(S(=O)(=O)c2ccc(NC(C)=O)cc2)c(C(F)(F)F)c1. The van der Waals surface area contributed by atoms with Crippen LogP contribution in [0.25, 0.3) is 0 Å². The minimum absolute atomic E-state index is 0.180. The van der Waals surface area contributed by atoms with Gasteiger partial charge in [-0.2, -0.15) is 13.2 Å². The van der Waals surface area contributed by atoms with Gasteiger partial charge in [-0.3, -0.25) is 4.79 Å². The number of sulfone groups is 1. The Balaban J connectivity index is 2.53. The molecule has 0 bridgehead atoms. The highest BCUT2D eigenvalue weighted by atomic mass is 32.2. The van der Waals surface area contributed by atoms with Crippen LogP contribution in [0.4, 0.5) is 24.5 Å². The Bertz CT molecular complexity index is 908. The molecule has 2 rings (SSSR count). The lowest BCUT2D eigenvalue weighted by Crippen LogP contribution is -2.14. The van der Waals surface area contributed by atoms with E-state index in [0.717, 1.165) is 24.3 Å². The van der Waals surface area contributed by atoms with Crippen LogP contribution in [0.15, 0.2) is 52.3 Å². The molecule has 0 radical (unpaired) electrons. The van der Waals surface area contributed by atoms with E-state index in [-0.39, 0.29) is 16.5 Å². The number of benzene rings is 2. The van der Waals surface area contributed by atoms with Crippen LogP contribution in [-0.4, -0.2) is 20.9 Å². The van der Waals surface area contributed by atoms with Crippen LogP contribution >= 0.6 is 0 Å². The molecule has 0 aliphatic heterocycles. The molecule has 0 heterocycles. The van der Waals surface area contributed by atoms with Crippen molar-refractivity contribution in [3.63, 3.8) is 0 Å². The molecule has 2 aromatic carbocycles. The molecular weight excluding hydrogens is 369 g/mol. The summed E-state index contributed by atoms with van der Waals surface area (Å²) in [6.07, 6.45) is -4.83. The van der Waals surface area contributed by atoms with Gasteiger partial charge in [-0.1, -0.05) is 0 Å². The third-order valence-corrected chi connectivity index (χ3v) is 5.27. The molecule has 0 spiro atoms. The van der Waals surface area contributed by atoms with Crippen molar-refractivity contribution in [2.75, 3.05) is 17.2 Å². The van der Waals surface area contributed by atoms with Crippen LogP contribution in [0.1, 0.15) is 19.4 Å². The summed E-state index contributed by atoms with van der Waals surface area (Å²) in [5, 5.41) is 5.19. The quantitative estimate of drug-likeness (QED) is 0.817. The number of carbonyl (C=O) groups excluding carboxylic acids is 1. The number of amides is 1. The van der Waals surface area contributed by atoms with Crippen molar-refractivity contribution in [2.24, 2.45) is 0 Å². The normalized spacial score (nSPS) is 11.9. The molecular formula is C17H17F3N2O3S. The maximum Gasteiger partial charge on any atom is 0.417 e. The second-order valence-electron chi connectivity index (χ2n) is 5.45. The number of hydrogen-bond donors (Lipinski definition) is 2. The highest BCUT2D eigenvalue weighted by Gasteiger charge is 2.38. The minimum Gasteiger partial charge on any atom is -0.385 e. The summed E-state index contributed by atoms with van der Waals surface area (Å²) in [4.78, 5) is 9.88. The first kappa shape index (κ1) is 19.8. The smallest absolute Gasteiger partial charge is 0.385 e. The van der Waals surface area contributed by atoms with Gasteiger partial charge in [0.25, 0.3) is 0 Å². The zero-order valence-corrected chi connectivity index (χ0v) is 14.8. The van der Waals surface area contributed by atoms with Crippen molar-refractivity contribution in [3.8, 4) is 0 Å². The van der Waals surface area contributed by atoms with Crippen molar-refractivity contribution >= 4 is 27.1 Å². The first-order chi connectivity index (χ1) is 12.1. The third-order valence-electron chi connectivity index (χ3n) is 3.44. The predicted molar refractivity (Wildman–Crippen MR) is 91.8 cm³/mol. The minimum atomic E-state index is -4.83. The zero-order chi connectivity index (χ0) is 19.5. The van der Waals surface area contributed by atoms with E-state index in [1.54, 1.807) is 6.92 Å². The van der Waals surface area contributed by atoms with E-state index in [4.69, 9.17) is 0 Å². The topological polar surface area (TPSA) is 75.3 Å². The van der Waals surface area contributed by atoms with Gasteiger partial charge in [0.15, 0.2) is 0 Å². The first-order valence-electron chi connectivity index (χ1n) is 7.63. The second kappa shape index (κ2) is 7.36. The lowest BCUT2D eigenvalue weighted by atomic mass is 10.2. The summed E-state index contributed by atoms with van der Waals surface area (Å²) in [5.74, 6) is -0.348. The number of anilines is 2. The molecule has 0 aliphatic carbocycles. The monoisotopic (exact) mass is 386 g/mol. The highest BCUT2D eigenvalue weighted by Crippen LogP contribution is 2.38. The molecule has 5 nitrogen and oxygen atoms in total. The average Bonchev–Trinajstić information content (AvgIpc) is 2.54. The highest BCUT2D eigenvalue weighted by molar-refractivity contribution is 7.91. The summed E-state index contributed by atoms with van der Waals surface area (Å²) < 4.78 is 65.5. The molecule has 0 aromatic heterocycles. The standard InChI is InChI=1S/C17H17F3N2O3S/c1-3-21-13-6-9-16(15(10-13)17(18,19)20)26(24,25)14-7-4-12(5-8-14)22-11(2)23/h4-10,21H,3H2,1-2H3,(H,22,23). The summed E-state index contributed by atoms with van der Waals surface area (Å²) in [7, 11) is -4.39. The molecule has 1 amide bonds. The summed E-state index contributed by atoms with van der Waals surface area (Å²) in [5.41, 5.74) is -0.711. The number of alkyl halides is 3. The van der Waals surface area contributed by atoms with Gasteiger partial charge < -0.3 is 10.6 Å². The van der Waals surface area contributed by atoms with Gasteiger partial charge in [-0.15, -0.1) is 0 Å². The Morgan fingerprint density at radius 2 is 1.62 bits per heavy atom. The van der Waals surface area contributed by atoms with E-state index < -0.39 is 26.5 Å². The molecule has 0 fully saturated rings. The van der Waals surface area contributed by atoms with Crippen LogP contribution in [0.2, 0.25) is 0 Å². The third kappa shape index (κ3) is 4.34. The van der Waals surface area contributed by atoms with Crippen molar-refractivity contribution in [2.45, 2.75) is 29.8 Å². The Kier molecular flexibility index (Phi) is 5.60. The maximum absolute atomic E-state index is 13.4. The largest absolute Gasteiger partial charge is 0.417 e. The van der Waals surface area contributed by atoms with Crippen LogP contribution in [0, 0.1) is 0 Å². The number of carbonyl (C=O) groups is 1. The van der Waals surface area contributed by atoms with E-state index >= 15 is 0 Å². The Morgan fingerprint density at radius 1 is 1.04 bits per heavy atom. The van der Waals surface area contributed by atoms with Crippen LogP contribution in [-0.2, 0) is 20.8 Å². The van der Waals surface area contributed by atoms with Gasteiger partial charge in [0, 0.05) is 24.8 Å². The fraction of sp³-hybridized carbons (Fsp3) is 0.235. The molecule has 0 unspecified atom stereocenters. The lowest BCUT2D eigenvalue weighted by molar-refractivity contribution is -0.139. The number of hydrogen-bond acceptors (Lipinski definition) is 4. The van der Waals surface area contributed by atoms with Crippen molar-refractivity contribution in [1.82, 2.24) is 0 Å². The molecule has 0 aliphatic rings. The van der Waals surface area contributed by atoms with Gasteiger partial charge in [0.05, 0.1) is 15.4 Å². The number of nitrogens with one attached hydrogen (secondary N) is 2. The predicted octanol–water partition coefficient (Wildman–Crippen LogP) is 3.93. The maximum atomic E-state index is 13.4. The molecule has 2 N–H and O–H groups in total. The molecule has 0 atom stereocenters. The molecule has 0 saturated carbocycles. The van der Waals surface area contributed by atoms with E-state index in [0.29, 0.717) is 12.2 Å². The first-order valence-corrected chi connectivity index (χ1v) is 9.12. The number of rotatable bonds is 5. The Hall–Kier alpha value is -2.55. The fourth-order valence-electron chi connectivity index (χ4n) is 2.35. The van der Waals surface area contributed by atoms with E-state index in [1.807, 2.05) is 0 Å². The van der Waals surface area contributed by atoms with Crippen molar-refractivity contribution in [1.29, 1.82) is 0 Å². The summed E-state index contributed by atoms with van der Waals surface area (Å²) in [6.45, 7) is 3.40. The van der Waals surface area contributed by atoms with Gasteiger partial charge >= 0.3 is 6.18 Å². The van der Waals surface area contributed by atoms with Crippen molar-refractivity contribution < 1.29 is 26.4 Å². The van der Waals surface area contributed by atoms with E-state index in [1.165, 1.54) is 25.1 Å². The van der Waals surface area contributed by atoms with Gasteiger partial charge in [-0.05, 0) is 49.4 Å². The second-order valence-corrected chi connectivity index (χ2v) is 7.37. The van der Waals surface area contributed by atoms with Gasteiger partial charge in [0.1, 0.15) is 0 Å². The Morgan fingerprint density at radius 3 is 2.12 bits per heavy atom. The Labute approximate surface area is 149 Å². The molecule has 2 aromatic rings. The molecule has 0 saturated heterocycles. The fourth-order valence-corrected chi connectivity index (χ4v) is 3.81. The molecule has 26 heavy (non-hydrogen) atoms. The van der Waals surface area contributed by atoms with Gasteiger partial charge in [0.2, 0.25) is 15.7 Å². The van der Waals surface area contributed by atoms with Crippen LogP contribution < -0.4 is 10.6 Å². The van der Waals surface area contributed by atoms with Crippen LogP contribution in [0.5, 0.6) is 0 Å². The number of halogens is 3. The van der Waals surface area contributed by atoms with Gasteiger partial charge in [-0.25, -0.2) is 8.42 Å². The molecule has 140 valence electrons.